The van der Waals surface area contributed by atoms with Gasteiger partial charge in [0, 0.05) is 11.6 Å². The molecule has 3 nitrogen and oxygen atoms in total. The largest absolute Gasteiger partial charge is 0.216 e. The van der Waals surface area contributed by atoms with Crippen molar-refractivity contribution in [3.05, 3.63) is 39.4 Å². The van der Waals surface area contributed by atoms with Crippen LogP contribution in [0.25, 0.3) is 16.2 Å². The molecule has 0 saturated heterocycles. The lowest BCUT2D eigenvalue weighted by Crippen LogP contribution is -1.98. The topological polar surface area (TPSA) is 30.2 Å². The molecule has 18 heavy (non-hydrogen) atoms. The lowest BCUT2D eigenvalue weighted by atomic mass is 10.3. The smallest absolute Gasteiger partial charge is 0.159 e. The van der Waals surface area contributed by atoms with Gasteiger partial charge in [0.05, 0.1) is 4.88 Å². The van der Waals surface area contributed by atoms with E-state index in [0.717, 1.165) is 22.6 Å². The number of hydrogen-bond acceptors (Lipinski definition) is 3. The van der Waals surface area contributed by atoms with Gasteiger partial charge in [0.25, 0.3) is 0 Å². The number of thiophene rings is 1. The Bertz CT molecular complexity index is 704. The molecule has 3 rings (SSSR count). The van der Waals surface area contributed by atoms with E-state index in [9.17, 15) is 0 Å². The second-order valence-corrected chi connectivity index (χ2v) is 5.47. The first kappa shape index (κ1) is 12.0. The molecule has 6 heteroatoms. The molecule has 92 valence electrons. The zero-order valence-corrected chi connectivity index (χ0v) is 11.9. The van der Waals surface area contributed by atoms with Gasteiger partial charge in [-0.15, -0.1) is 11.3 Å². The SMILES string of the molecule is CCc1c(Cl)nc2cc(-c3cccs3)nn2c1Cl. The van der Waals surface area contributed by atoms with Crippen LogP contribution in [0.4, 0.5) is 0 Å². The summed E-state index contributed by atoms with van der Waals surface area (Å²) in [6.07, 6.45) is 0.731. The van der Waals surface area contributed by atoms with Crippen LogP contribution in [0.3, 0.4) is 0 Å². The van der Waals surface area contributed by atoms with Crippen LogP contribution in [-0.4, -0.2) is 14.6 Å². The van der Waals surface area contributed by atoms with Crippen molar-refractivity contribution in [2.45, 2.75) is 13.3 Å². The van der Waals surface area contributed by atoms with Crippen molar-refractivity contribution >= 4 is 40.2 Å². The summed E-state index contributed by atoms with van der Waals surface area (Å²) in [7, 11) is 0. The molecule has 0 N–H and O–H groups in total. The van der Waals surface area contributed by atoms with Gasteiger partial charge in [-0.2, -0.15) is 5.10 Å². The van der Waals surface area contributed by atoms with Crippen molar-refractivity contribution in [3.63, 3.8) is 0 Å². The summed E-state index contributed by atoms with van der Waals surface area (Å²) in [6, 6.07) is 5.90. The van der Waals surface area contributed by atoms with Crippen LogP contribution in [0.1, 0.15) is 12.5 Å². The first-order valence-corrected chi connectivity index (χ1v) is 7.11. The molecule has 0 fully saturated rings. The van der Waals surface area contributed by atoms with E-state index < -0.39 is 0 Å². The third-order valence-electron chi connectivity index (χ3n) is 2.71. The van der Waals surface area contributed by atoms with E-state index in [4.69, 9.17) is 23.2 Å². The lowest BCUT2D eigenvalue weighted by Gasteiger charge is -2.04. The highest BCUT2D eigenvalue weighted by Crippen LogP contribution is 2.29. The van der Waals surface area contributed by atoms with E-state index >= 15 is 0 Å². The Hall–Kier alpha value is -1.10. The van der Waals surface area contributed by atoms with Crippen LogP contribution in [0, 0.1) is 0 Å². The predicted octanol–water partition coefficient (Wildman–Crippen LogP) is 4.33. The van der Waals surface area contributed by atoms with Crippen molar-refractivity contribution in [3.8, 4) is 10.6 Å². The highest BCUT2D eigenvalue weighted by molar-refractivity contribution is 7.13. The van der Waals surface area contributed by atoms with Crippen molar-refractivity contribution in [2.75, 3.05) is 0 Å². The summed E-state index contributed by atoms with van der Waals surface area (Å²) in [5.74, 6) is 0. The number of nitrogens with zero attached hydrogens (tertiary/aromatic N) is 3. The molecule has 3 heterocycles. The zero-order valence-electron chi connectivity index (χ0n) is 9.52. The third-order valence-corrected chi connectivity index (χ3v) is 4.31. The maximum Gasteiger partial charge on any atom is 0.159 e. The second-order valence-electron chi connectivity index (χ2n) is 3.80. The van der Waals surface area contributed by atoms with Gasteiger partial charge in [-0.3, -0.25) is 0 Å². The minimum absolute atomic E-state index is 0.452. The zero-order chi connectivity index (χ0) is 12.7. The second kappa shape index (κ2) is 4.53. The normalized spacial score (nSPS) is 11.3. The van der Waals surface area contributed by atoms with Crippen LogP contribution >= 0.6 is 34.5 Å². The number of rotatable bonds is 2. The number of aromatic nitrogens is 3. The van der Waals surface area contributed by atoms with Gasteiger partial charge in [-0.05, 0) is 17.9 Å². The average Bonchev–Trinajstić information content (AvgIpc) is 2.96. The van der Waals surface area contributed by atoms with Crippen molar-refractivity contribution in [1.82, 2.24) is 14.6 Å². The quantitative estimate of drug-likeness (QED) is 0.659. The molecule has 0 aliphatic rings. The Morgan fingerprint density at radius 1 is 1.39 bits per heavy atom. The van der Waals surface area contributed by atoms with Crippen LogP contribution in [-0.2, 0) is 6.42 Å². The first-order chi connectivity index (χ1) is 8.70. The molecule has 0 aliphatic carbocycles. The molecular weight excluding hydrogens is 289 g/mol. The molecule has 3 aromatic rings. The highest BCUT2D eigenvalue weighted by Gasteiger charge is 2.14. The summed E-state index contributed by atoms with van der Waals surface area (Å²) in [5, 5.41) is 7.48. The minimum Gasteiger partial charge on any atom is -0.216 e. The van der Waals surface area contributed by atoms with Crippen LogP contribution < -0.4 is 0 Å². The van der Waals surface area contributed by atoms with Crippen LogP contribution in [0.15, 0.2) is 23.6 Å². The third kappa shape index (κ3) is 1.81. The van der Waals surface area contributed by atoms with E-state index in [1.54, 1.807) is 15.9 Å². The lowest BCUT2D eigenvalue weighted by molar-refractivity contribution is 0.916. The molecule has 0 amide bonds. The summed E-state index contributed by atoms with van der Waals surface area (Å²) in [6.45, 7) is 1.99. The van der Waals surface area contributed by atoms with Crippen LogP contribution in [0.2, 0.25) is 10.3 Å². The minimum atomic E-state index is 0.452. The average molecular weight is 298 g/mol. The molecular formula is C12H9Cl2N3S. The van der Waals surface area contributed by atoms with E-state index in [-0.39, 0.29) is 0 Å². The van der Waals surface area contributed by atoms with E-state index in [1.807, 2.05) is 30.5 Å². The maximum absolute atomic E-state index is 6.30. The molecule has 0 radical (unpaired) electrons. The summed E-state index contributed by atoms with van der Waals surface area (Å²) < 4.78 is 1.64. The van der Waals surface area contributed by atoms with Gasteiger partial charge in [0.15, 0.2) is 5.65 Å². The molecule has 0 aromatic carbocycles. The Kier molecular flexibility index (Phi) is 3.01. The molecule has 0 saturated carbocycles. The van der Waals surface area contributed by atoms with Crippen molar-refractivity contribution < 1.29 is 0 Å². The molecule has 0 aliphatic heterocycles. The fraction of sp³-hybridized carbons (Fsp3) is 0.167. The van der Waals surface area contributed by atoms with Gasteiger partial charge in [-0.1, -0.05) is 36.2 Å². The van der Waals surface area contributed by atoms with Crippen molar-refractivity contribution in [2.24, 2.45) is 0 Å². The summed E-state index contributed by atoms with van der Waals surface area (Å²) >= 11 is 14.0. The van der Waals surface area contributed by atoms with Gasteiger partial charge >= 0.3 is 0 Å². The van der Waals surface area contributed by atoms with Crippen LogP contribution in [0.5, 0.6) is 0 Å². The van der Waals surface area contributed by atoms with E-state index in [1.165, 1.54) is 0 Å². The highest BCUT2D eigenvalue weighted by atomic mass is 35.5. The molecule has 0 bridgehead atoms. The van der Waals surface area contributed by atoms with Gasteiger partial charge in [-0.25, -0.2) is 9.50 Å². The monoisotopic (exact) mass is 297 g/mol. The molecule has 0 atom stereocenters. The first-order valence-electron chi connectivity index (χ1n) is 5.48. The maximum atomic E-state index is 6.30. The molecule has 3 aromatic heterocycles. The number of hydrogen-bond donors (Lipinski definition) is 0. The standard InChI is InChI=1S/C12H9Cl2N3S/c1-2-7-11(13)15-10-6-8(9-4-3-5-18-9)16-17(10)12(7)14/h3-6H,2H2,1H3. The Balaban J connectivity index is 2.27. The molecule has 0 unspecified atom stereocenters. The summed E-state index contributed by atoms with van der Waals surface area (Å²) in [4.78, 5) is 5.41. The van der Waals surface area contributed by atoms with Crippen molar-refractivity contribution in [1.29, 1.82) is 0 Å². The Labute approximate surface area is 118 Å². The number of fused-ring (bicyclic) bond motifs is 1. The fourth-order valence-corrected chi connectivity index (χ4v) is 3.20. The Morgan fingerprint density at radius 2 is 2.22 bits per heavy atom. The van der Waals surface area contributed by atoms with Gasteiger partial charge < -0.3 is 0 Å². The summed E-state index contributed by atoms with van der Waals surface area (Å²) in [5.41, 5.74) is 2.36. The molecule has 0 spiro atoms. The fourth-order valence-electron chi connectivity index (χ4n) is 1.81. The predicted molar refractivity (Wildman–Crippen MR) is 75.7 cm³/mol. The van der Waals surface area contributed by atoms with Gasteiger partial charge in [0.1, 0.15) is 16.0 Å². The number of halogens is 2. The Morgan fingerprint density at radius 3 is 2.89 bits per heavy atom. The van der Waals surface area contributed by atoms with Gasteiger partial charge in [0.2, 0.25) is 0 Å². The van der Waals surface area contributed by atoms with E-state index in [2.05, 4.69) is 10.1 Å². The van der Waals surface area contributed by atoms with E-state index in [0.29, 0.717) is 16.0 Å².